The molecule has 0 radical (unpaired) electrons. The maximum Gasteiger partial charge on any atom is 0.293 e. The highest BCUT2D eigenvalue weighted by molar-refractivity contribution is 8.18. The van der Waals surface area contributed by atoms with Crippen LogP contribution in [0.5, 0.6) is 5.75 Å². The summed E-state index contributed by atoms with van der Waals surface area (Å²) >= 11 is 6.82. The van der Waals surface area contributed by atoms with Gasteiger partial charge in [-0.2, -0.15) is 0 Å². The van der Waals surface area contributed by atoms with Gasteiger partial charge in [0.2, 0.25) is 0 Å². The van der Waals surface area contributed by atoms with Crippen molar-refractivity contribution in [3.05, 3.63) is 117 Å². The van der Waals surface area contributed by atoms with Gasteiger partial charge in [0.25, 0.3) is 11.1 Å². The predicted octanol–water partition coefficient (Wildman–Crippen LogP) is 7.45. The Morgan fingerprint density at radius 2 is 1.66 bits per heavy atom. The highest BCUT2D eigenvalue weighted by atomic mass is 35.5. The Kier molecular flexibility index (Phi) is 6.57. The Morgan fingerprint density at radius 1 is 0.914 bits per heavy atom. The van der Waals surface area contributed by atoms with Gasteiger partial charge in [0.15, 0.2) is 0 Å². The lowest BCUT2D eigenvalue weighted by atomic mass is 10.0. The molecular formula is C28H19ClFNO3S. The number of imide groups is 1. The number of carbonyl (C=O) groups is 2. The minimum absolute atomic E-state index is 0.121. The first-order valence-corrected chi connectivity index (χ1v) is 12.1. The standard InChI is InChI=1S/C28H19ClFNO3S/c29-21-12-9-18(10-13-21)17-34-25-14-11-19-5-1-3-7-22(19)23(25)15-26-27(32)31(28(33)35-26)16-20-6-2-4-8-24(20)30/h1-15H,16-17H2/b26-15-. The van der Waals surface area contributed by atoms with Crippen LogP contribution in [-0.4, -0.2) is 16.0 Å². The van der Waals surface area contributed by atoms with Crippen LogP contribution in [0.3, 0.4) is 0 Å². The number of rotatable bonds is 6. The summed E-state index contributed by atoms with van der Waals surface area (Å²) in [7, 11) is 0. The van der Waals surface area contributed by atoms with Crippen molar-refractivity contribution in [2.75, 3.05) is 0 Å². The average Bonchev–Trinajstić information content (AvgIpc) is 3.13. The lowest BCUT2D eigenvalue weighted by Crippen LogP contribution is -2.27. The molecule has 1 heterocycles. The fourth-order valence-electron chi connectivity index (χ4n) is 3.86. The summed E-state index contributed by atoms with van der Waals surface area (Å²) in [4.78, 5) is 27.1. The molecule has 174 valence electrons. The largest absolute Gasteiger partial charge is 0.488 e. The van der Waals surface area contributed by atoms with Crippen molar-refractivity contribution in [2.24, 2.45) is 0 Å². The Hall–Kier alpha value is -3.61. The van der Waals surface area contributed by atoms with Crippen LogP contribution in [0.15, 0.2) is 89.8 Å². The van der Waals surface area contributed by atoms with E-state index < -0.39 is 17.0 Å². The van der Waals surface area contributed by atoms with E-state index in [4.69, 9.17) is 16.3 Å². The Morgan fingerprint density at radius 3 is 2.46 bits per heavy atom. The number of thioether (sulfide) groups is 1. The summed E-state index contributed by atoms with van der Waals surface area (Å²) in [6.45, 7) is 0.190. The molecule has 2 amide bonds. The van der Waals surface area contributed by atoms with Gasteiger partial charge in [-0.3, -0.25) is 14.5 Å². The highest BCUT2D eigenvalue weighted by Crippen LogP contribution is 2.37. The minimum atomic E-state index is -0.458. The zero-order valence-corrected chi connectivity index (χ0v) is 20.0. The van der Waals surface area contributed by atoms with Crippen LogP contribution in [0, 0.1) is 5.82 Å². The SMILES string of the molecule is O=C1S/C(=C\c2c(OCc3ccc(Cl)cc3)ccc3ccccc23)C(=O)N1Cc1ccccc1F. The molecule has 0 unspecified atom stereocenters. The van der Waals surface area contributed by atoms with Crippen molar-refractivity contribution in [3.8, 4) is 5.75 Å². The molecule has 4 aromatic rings. The fraction of sp³-hybridized carbons (Fsp3) is 0.0714. The van der Waals surface area contributed by atoms with Crippen molar-refractivity contribution >= 4 is 51.4 Å². The molecule has 0 bridgehead atoms. The summed E-state index contributed by atoms with van der Waals surface area (Å²) in [5, 5.41) is 2.07. The van der Waals surface area contributed by atoms with E-state index in [9.17, 15) is 14.0 Å². The van der Waals surface area contributed by atoms with Gasteiger partial charge in [-0.05, 0) is 58.4 Å². The molecule has 0 saturated carbocycles. The molecule has 0 aliphatic carbocycles. The molecule has 4 nitrogen and oxygen atoms in total. The molecule has 1 fully saturated rings. The van der Waals surface area contributed by atoms with Gasteiger partial charge in [0.1, 0.15) is 18.2 Å². The number of nitrogens with zero attached hydrogens (tertiary/aromatic N) is 1. The first-order chi connectivity index (χ1) is 17.0. The third kappa shape index (κ3) is 4.94. The van der Waals surface area contributed by atoms with Crippen molar-refractivity contribution in [1.29, 1.82) is 0 Å². The number of carbonyl (C=O) groups excluding carboxylic acids is 2. The average molecular weight is 504 g/mol. The summed E-state index contributed by atoms with van der Waals surface area (Å²) in [5.74, 6) is -0.332. The van der Waals surface area contributed by atoms with Gasteiger partial charge in [-0.25, -0.2) is 4.39 Å². The molecule has 0 spiro atoms. The maximum absolute atomic E-state index is 14.1. The minimum Gasteiger partial charge on any atom is -0.488 e. The fourth-order valence-corrected chi connectivity index (χ4v) is 4.80. The van der Waals surface area contributed by atoms with E-state index in [0.29, 0.717) is 22.9 Å². The van der Waals surface area contributed by atoms with E-state index in [-0.39, 0.29) is 17.0 Å². The van der Waals surface area contributed by atoms with Crippen LogP contribution in [0.25, 0.3) is 16.8 Å². The Balaban J connectivity index is 1.48. The van der Waals surface area contributed by atoms with Gasteiger partial charge in [-0.1, -0.05) is 72.3 Å². The molecule has 7 heteroatoms. The first-order valence-electron chi connectivity index (χ1n) is 10.9. The van der Waals surface area contributed by atoms with Crippen molar-refractivity contribution in [2.45, 2.75) is 13.2 Å². The molecule has 1 saturated heterocycles. The molecule has 5 rings (SSSR count). The Bertz CT molecular complexity index is 1470. The molecule has 1 aliphatic heterocycles. The molecule has 0 aromatic heterocycles. The number of amides is 2. The second kappa shape index (κ2) is 9.94. The van der Waals surface area contributed by atoms with Crippen LogP contribution in [-0.2, 0) is 17.9 Å². The number of hydrogen-bond donors (Lipinski definition) is 0. The van der Waals surface area contributed by atoms with E-state index in [1.165, 1.54) is 6.07 Å². The number of hydrogen-bond acceptors (Lipinski definition) is 4. The third-order valence-corrected chi connectivity index (χ3v) is 6.83. The highest BCUT2D eigenvalue weighted by Gasteiger charge is 2.35. The van der Waals surface area contributed by atoms with Gasteiger partial charge < -0.3 is 4.74 Å². The van der Waals surface area contributed by atoms with Crippen LogP contribution in [0.4, 0.5) is 9.18 Å². The van der Waals surface area contributed by atoms with E-state index in [0.717, 1.165) is 33.0 Å². The molecule has 4 aromatic carbocycles. The van der Waals surface area contributed by atoms with Crippen LogP contribution < -0.4 is 4.74 Å². The smallest absolute Gasteiger partial charge is 0.293 e. The Labute approximate surface area is 211 Å². The lowest BCUT2D eigenvalue weighted by Gasteiger charge is -2.14. The number of benzene rings is 4. The number of ether oxygens (including phenoxy) is 1. The van der Waals surface area contributed by atoms with Gasteiger partial charge in [0.05, 0.1) is 11.4 Å². The summed E-state index contributed by atoms with van der Waals surface area (Å²) in [5.41, 5.74) is 1.93. The summed E-state index contributed by atoms with van der Waals surface area (Å²) < 4.78 is 20.2. The van der Waals surface area contributed by atoms with Crippen molar-refractivity contribution in [3.63, 3.8) is 0 Å². The number of halogens is 2. The maximum atomic E-state index is 14.1. The topological polar surface area (TPSA) is 46.6 Å². The number of fused-ring (bicyclic) bond motifs is 1. The second-order valence-electron chi connectivity index (χ2n) is 7.97. The quantitative estimate of drug-likeness (QED) is 0.256. The van der Waals surface area contributed by atoms with Crippen LogP contribution in [0.1, 0.15) is 16.7 Å². The zero-order valence-electron chi connectivity index (χ0n) is 18.4. The second-order valence-corrected chi connectivity index (χ2v) is 9.40. The van der Waals surface area contributed by atoms with Gasteiger partial charge in [0, 0.05) is 16.1 Å². The molecule has 35 heavy (non-hydrogen) atoms. The van der Waals surface area contributed by atoms with Crippen LogP contribution in [0.2, 0.25) is 5.02 Å². The van der Waals surface area contributed by atoms with E-state index >= 15 is 0 Å². The van der Waals surface area contributed by atoms with E-state index in [1.54, 1.807) is 36.4 Å². The molecule has 0 atom stereocenters. The molecular weight excluding hydrogens is 485 g/mol. The van der Waals surface area contributed by atoms with Gasteiger partial charge in [-0.15, -0.1) is 0 Å². The van der Waals surface area contributed by atoms with Crippen LogP contribution >= 0.6 is 23.4 Å². The predicted molar refractivity (Wildman–Crippen MR) is 138 cm³/mol. The first kappa shape index (κ1) is 23.1. The third-order valence-electron chi connectivity index (χ3n) is 5.67. The van der Waals surface area contributed by atoms with Crippen molar-refractivity contribution in [1.82, 2.24) is 4.90 Å². The lowest BCUT2D eigenvalue weighted by molar-refractivity contribution is -0.123. The van der Waals surface area contributed by atoms with Crippen molar-refractivity contribution < 1.29 is 18.7 Å². The monoisotopic (exact) mass is 503 g/mol. The van der Waals surface area contributed by atoms with Gasteiger partial charge >= 0.3 is 0 Å². The van der Waals surface area contributed by atoms with E-state index in [2.05, 4.69) is 0 Å². The summed E-state index contributed by atoms with van der Waals surface area (Å²) in [6, 6.07) is 25.1. The zero-order chi connectivity index (χ0) is 24.4. The van der Waals surface area contributed by atoms with E-state index in [1.807, 2.05) is 48.5 Å². The summed E-state index contributed by atoms with van der Waals surface area (Å²) in [6.07, 6.45) is 1.69. The normalized spacial score (nSPS) is 14.8. The molecule has 1 aliphatic rings. The molecule has 0 N–H and O–H groups in total.